The Labute approximate surface area is 185 Å². The summed E-state index contributed by atoms with van der Waals surface area (Å²) < 4.78 is 16.8. The van der Waals surface area contributed by atoms with Crippen LogP contribution in [0.2, 0.25) is 0 Å². The van der Waals surface area contributed by atoms with Gasteiger partial charge in [0.15, 0.2) is 0 Å². The highest BCUT2D eigenvalue weighted by Crippen LogP contribution is 2.24. The summed E-state index contributed by atoms with van der Waals surface area (Å²) in [6.07, 6.45) is 4.45. The fourth-order valence-corrected chi connectivity index (χ4v) is 3.34. The molecular formula is C22H18N5O4P. The smallest absolute Gasteiger partial charge is 0.327 e. The van der Waals surface area contributed by atoms with Crippen molar-refractivity contribution in [3.63, 3.8) is 0 Å². The molecule has 2 aromatic heterocycles. The lowest BCUT2D eigenvalue weighted by Crippen LogP contribution is -2.29. The van der Waals surface area contributed by atoms with Crippen molar-refractivity contribution >= 4 is 14.6 Å². The standard InChI is InChI=1S/C22H18N5O4P/c28-20(18-13-23-22(26-21(18)29)27-12-4-11-24-27)25-19(16-5-2-1-3-6-16)17-9-7-15(8-10-17)14-31-32-30/h1-13,19H,14H2,(H,25,28)(H,23,26,29). The summed E-state index contributed by atoms with van der Waals surface area (Å²) in [6, 6.07) is 18.0. The van der Waals surface area contributed by atoms with Crippen molar-refractivity contribution in [2.24, 2.45) is 0 Å². The average molecular weight is 447 g/mol. The summed E-state index contributed by atoms with van der Waals surface area (Å²) >= 11 is 0. The number of aromatic nitrogens is 4. The maximum atomic E-state index is 13.0. The van der Waals surface area contributed by atoms with E-state index in [1.807, 2.05) is 54.6 Å². The number of carbonyl (C=O) groups excluding carboxylic acids is 1. The molecule has 0 aliphatic carbocycles. The van der Waals surface area contributed by atoms with E-state index >= 15 is 0 Å². The molecule has 1 unspecified atom stereocenters. The van der Waals surface area contributed by atoms with Crippen molar-refractivity contribution in [3.8, 4) is 11.8 Å². The quantitative estimate of drug-likeness (QED) is 0.396. The van der Waals surface area contributed by atoms with Gasteiger partial charge in [-0.1, -0.05) is 54.6 Å². The van der Waals surface area contributed by atoms with Gasteiger partial charge in [0.25, 0.3) is 11.9 Å². The molecule has 0 saturated heterocycles. The van der Waals surface area contributed by atoms with Gasteiger partial charge in [-0.2, -0.15) is 10.1 Å². The number of hydrogen-bond donors (Lipinski definition) is 2. The van der Waals surface area contributed by atoms with Crippen LogP contribution in [0.5, 0.6) is 5.88 Å². The van der Waals surface area contributed by atoms with Crippen LogP contribution in [0.25, 0.3) is 5.95 Å². The van der Waals surface area contributed by atoms with Crippen LogP contribution in [0.4, 0.5) is 0 Å². The lowest BCUT2D eigenvalue weighted by atomic mass is 9.97. The highest BCUT2D eigenvalue weighted by Gasteiger charge is 2.21. The molecule has 0 spiro atoms. The Morgan fingerprint density at radius 3 is 2.50 bits per heavy atom. The summed E-state index contributed by atoms with van der Waals surface area (Å²) in [5.41, 5.74) is 2.47. The summed E-state index contributed by atoms with van der Waals surface area (Å²) in [7, 11) is -0.380. The lowest BCUT2D eigenvalue weighted by Gasteiger charge is -2.20. The molecule has 4 rings (SSSR count). The van der Waals surface area contributed by atoms with Crippen LogP contribution in [0.1, 0.15) is 33.1 Å². The van der Waals surface area contributed by atoms with Crippen molar-refractivity contribution in [1.29, 1.82) is 0 Å². The predicted molar refractivity (Wildman–Crippen MR) is 115 cm³/mol. The third kappa shape index (κ3) is 4.85. The van der Waals surface area contributed by atoms with E-state index in [4.69, 9.17) is 4.52 Å². The molecule has 0 saturated carbocycles. The molecule has 2 N–H and O–H groups in total. The second kappa shape index (κ2) is 9.91. The van der Waals surface area contributed by atoms with Gasteiger partial charge in [0, 0.05) is 18.6 Å². The minimum Gasteiger partial charge on any atom is -0.493 e. The molecule has 9 nitrogen and oxygen atoms in total. The first-order valence-corrected chi connectivity index (χ1v) is 10.3. The Balaban J connectivity index is 1.60. The summed E-state index contributed by atoms with van der Waals surface area (Å²) in [5.74, 6) is -0.820. The predicted octanol–water partition coefficient (Wildman–Crippen LogP) is 3.61. The zero-order valence-corrected chi connectivity index (χ0v) is 17.6. The maximum Gasteiger partial charge on any atom is 0.327 e. The second-order valence-electron chi connectivity index (χ2n) is 6.76. The van der Waals surface area contributed by atoms with Crippen LogP contribution in [0.15, 0.2) is 79.3 Å². The Hall–Kier alpha value is -3.94. The van der Waals surface area contributed by atoms with Crippen molar-refractivity contribution < 1.29 is 19.0 Å². The van der Waals surface area contributed by atoms with Gasteiger partial charge in [-0.3, -0.25) is 9.32 Å². The van der Waals surface area contributed by atoms with Crippen LogP contribution < -0.4 is 5.32 Å². The van der Waals surface area contributed by atoms with E-state index < -0.39 is 17.8 Å². The van der Waals surface area contributed by atoms with Crippen molar-refractivity contribution in [2.45, 2.75) is 12.6 Å². The SMILES string of the molecule is O=POCc1ccc(C(NC(=O)c2cnc(-n3cccn3)nc2O)c2ccccc2)cc1. The van der Waals surface area contributed by atoms with Crippen LogP contribution in [-0.2, 0) is 15.7 Å². The monoisotopic (exact) mass is 447 g/mol. The number of benzene rings is 2. The number of rotatable bonds is 8. The van der Waals surface area contributed by atoms with Crippen LogP contribution >= 0.6 is 8.69 Å². The van der Waals surface area contributed by atoms with E-state index in [1.54, 1.807) is 18.5 Å². The molecule has 0 aliphatic rings. The maximum absolute atomic E-state index is 13.0. The van der Waals surface area contributed by atoms with Gasteiger partial charge >= 0.3 is 8.69 Å². The van der Waals surface area contributed by atoms with Gasteiger partial charge in [0.05, 0.1) is 12.6 Å². The lowest BCUT2D eigenvalue weighted by molar-refractivity contribution is 0.0939. The van der Waals surface area contributed by atoms with E-state index in [0.717, 1.165) is 16.7 Å². The molecule has 10 heteroatoms. The number of hydrogen-bond acceptors (Lipinski definition) is 7. The Kier molecular flexibility index (Phi) is 6.60. The Morgan fingerprint density at radius 1 is 1.09 bits per heavy atom. The molecule has 0 aliphatic heterocycles. The summed E-state index contributed by atoms with van der Waals surface area (Å²) in [4.78, 5) is 21.1. The fraction of sp³-hybridized carbons (Fsp3) is 0.0909. The number of carbonyl (C=O) groups is 1. The minimum atomic E-state index is -0.527. The van der Waals surface area contributed by atoms with Gasteiger partial charge in [-0.15, -0.1) is 0 Å². The molecule has 32 heavy (non-hydrogen) atoms. The van der Waals surface area contributed by atoms with E-state index in [1.165, 1.54) is 10.9 Å². The van der Waals surface area contributed by atoms with Crippen LogP contribution in [-0.4, -0.2) is 30.8 Å². The molecule has 2 aromatic carbocycles. The third-order valence-electron chi connectivity index (χ3n) is 4.72. The zero-order chi connectivity index (χ0) is 22.3. The van der Waals surface area contributed by atoms with Crippen molar-refractivity contribution in [3.05, 3.63) is 102 Å². The molecule has 1 amide bonds. The van der Waals surface area contributed by atoms with Gasteiger partial charge in [0.2, 0.25) is 5.88 Å². The number of amides is 1. The Bertz CT molecular complexity index is 1200. The summed E-state index contributed by atoms with van der Waals surface area (Å²) in [6.45, 7) is 0.210. The molecule has 2 heterocycles. The van der Waals surface area contributed by atoms with E-state index in [9.17, 15) is 14.5 Å². The first kappa shape index (κ1) is 21.3. The van der Waals surface area contributed by atoms with Gasteiger partial charge in [-0.05, 0) is 22.8 Å². The molecule has 160 valence electrons. The van der Waals surface area contributed by atoms with Gasteiger partial charge < -0.3 is 10.4 Å². The molecular weight excluding hydrogens is 429 g/mol. The average Bonchev–Trinajstić information content (AvgIpc) is 3.37. The fourth-order valence-electron chi connectivity index (χ4n) is 3.14. The highest BCUT2D eigenvalue weighted by atomic mass is 31.1. The first-order valence-electron chi connectivity index (χ1n) is 9.61. The molecule has 0 fully saturated rings. The highest BCUT2D eigenvalue weighted by molar-refractivity contribution is 7.17. The van der Waals surface area contributed by atoms with Gasteiger partial charge in [-0.25, -0.2) is 14.2 Å². The van der Waals surface area contributed by atoms with E-state index in [0.29, 0.717) is 0 Å². The first-order chi connectivity index (χ1) is 15.7. The Morgan fingerprint density at radius 2 is 1.84 bits per heavy atom. The number of nitrogens with zero attached hydrogens (tertiary/aromatic N) is 4. The largest absolute Gasteiger partial charge is 0.493 e. The molecule has 1 atom stereocenters. The summed E-state index contributed by atoms with van der Waals surface area (Å²) in [5, 5.41) is 17.3. The minimum absolute atomic E-state index is 0.0543. The van der Waals surface area contributed by atoms with Crippen molar-refractivity contribution in [1.82, 2.24) is 25.1 Å². The molecule has 0 bridgehead atoms. The van der Waals surface area contributed by atoms with Gasteiger partial charge in [0.1, 0.15) is 5.56 Å². The van der Waals surface area contributed by atoms with E-state index in [-0.39, 0.29) is 26.8 Å². The molecule has 0 radical (unpaired) electrons. The number of aromatic hydroxyl groups is 1. The number of nitrogens with one attached hydrogen (secondary N) is 1. The third-order valence-corrected chi connectivity index (χ3v) is 4.95. The zero-order valence-electron chi connectivity index (χ0n) is 16.7. The van der Waals surface area contributed by atoms with Crippen molar-refractivity contribution in [2.75, 3.05) is 0 Å². The normalized spacial score (nSPS) is 11.9. The van der Waals surface area contributed by atoms with Crippen LogP contribution in [0.3, 0.4) is 0 Å². The topological polar surface area (TPSA) is 119 Å². The second-order valence-corrected chi connectivity index (χ2v) is 7.17. The van der Waals surface area contributed by atoms with Crippen LogP contribution in [0, 0.1) is 0 Å². The molecule has 4 aromatic rings. The van der Waals surface area contributed by atoms with E-state index in [2.05, 4.69) is 20.4 Å².